The number of aliphatic carboxylic acids is 1. The quantitative estimate of drug-likeness (QED) is 0.905. The number of likely N-dealkylation sites (tertiary alicyclic amines) is 2. The first-order chi connectivity index (χ1) is 10.6. The Bertz CT molecular complexity index is 500. The molecule has 6 nitrogen and oxygen atoms in total. The molecule has 0 aliphatic carbocycles. The zero-order valence-corrected chi connectivity index (χ0v) is 13.3. The molecule has 6 heteroatoms. The van der Waals surface area contributed by atoms with Crippen LogP contribution in [0.1, 0.15) is 31.4 Å². The Kier molecular flexibility index (Phi) is 4.78. The van der Waals surface area contributed by atoms with E-state index in [-0.39, 0.29) is 5.92 Å². The number of imidazole rings is 1. The summed E-state index contributed by atoms with van der Waals surface area (Å²) in [5.74, 6) is -0.744. The molecule has 0 unspecified atom stereocenters. The topological polar surface area (TPSA) is 61.6 Å². The smallest absolute Gasteiger partial charge is 0.306 e. The van der Waals surface area contributed by atoms with Gasteiger partial charge in [0.2, 0.25) is 0 Å². The van der Waals surface area contributed by atoms with Gasteiger partial charge in [0.15, 0.2) is 0 Å². The van der Waals surface area contributed by atoms with Gasteiger partial charge in [-0.2, -0.15) is 0 Å². The van der Waals surface area contributed by atoms with Gasteiger partial charge in [-0.1, -0.05) is 0 Å². The molecule has 0 bridgehead atoms. The van der Waals surface area contributed by atoms with Gasteiger partial charge < -0.3 is 14.6 Å². The second-order valence-corrected chi connectivity index (χ2v) is 6.65. The molecular formula is C16H26N4O2. The predicted molar refractivity (Wildman–Crippen MR) is 83.4 cm³/mol. The highest BCUT2D eigenvalue weighted by molar-refractivity contribution is 5.70. The van der Waals surface area contributed by atoms with E-state index >= 15 is 0 Å². The number of hydrogen-bond acceptors (Lipinski definition) is 4. The Labute approximate surface area is 131 Å². The van der Waals surface area contributed by atoms with Crippen molar-refractivity contribution < 1.29 is 9.90 Å². The van der Waals surface area contributed by atoms with Crippen molar-refractivity contribution in [2.75, 3.05) is 26.2 Å². The van der Waals surface area contributed by atoms with Gasteiger partial charge in [-0.15, -0.1) is 0 Å². The molecule has 1 aromatic heterocycles. The molecule has 22 heavy (non-hydrogen) atoms. The molecule has 2 aliphatic heterocycles. The Morgan fingerprint density at radius 3 is 2.45 bits per heavy atom. The number of nitrogens with zero attached hydrogens (tertiary/aromatic N) is 4. The van der Waals surface area contributed by atoms with Crippen LogP contribution in [0.2, 0.25) is 0 Å². The van der Waals surface area contributed by atoms with Crippen molar-refractivity contribution in [3.8, 4) is 0 Å². The molecule has 0 atom stereocenters. The molecule has 1 N–H and O–H groups in total. The van der Waals surface area contributed by atoms with Gasteiger partial charge in [-0.25, -0.2) is 4.98 Å². The van der Waals surface area contributed by atoms with E-state index in [0.29, 0.717) is 6.04 Å². The SMILES string of the molecule is Cn1cncc1CN1CCC(N2CCC(C(=O)O)CC2)CC1. The molecule has 0 amide bonds. The Balaban J connectivity index is 1.44. The zero-order chi connectivity index (χ0) is 15.5. The maximum Gasteiger partial charge on any atom is 0.306 e. The Hall–Kier alpha value is -1.40. The summed E-state index contributed by atoms with van der Waals surface area (Å²) in [6.07, 6.45) is 7.80. The highest BCUT2D eigenvalue weighted by atomic mass is 16.4. The van der Waals surface area contributed by atoms with E-state index < -0.39 is 5.97 Å². The summed E-state index contributed by atoms with van der Waals surface area (Å²) in [7, 11) is 2.04. The number of hydrogen-bond donors (Lipinski definition) is 1. The summed E-state index contributed by atoms with van der Waals surface area (Å²) in [6.45, 7) is 5.11. The van der Waals surface area contributed by atoms with Gasteiger partial charge >= 0.3 is 5.97 Å². The molecular weight excluding hydrogens is 280 g/mol. The van der Waals surface area contributed by atoms with Crippen molar-refractivity contribution in [1.82, 2.24) is 19.4 Å². The largest absolute Gasteiger partial charge is 0.481 e. The number of rotatable bonds is 4. The van der Waals surface area contributed by atoms with Gasteiger partial charge in [0.05, 0.1) is 17.9 Å². The number of carbonyl (C=O) groups is 1. The maximum atomic E-state index is 11.0. The van der Waals surface area contributed by atoms with E-state index in [2.05, 4.69) is 19.4 Å². The second-order valence-electron chi connectivity index (χ2n) is 6.65. The van der Waals surface area contributed by atoms with E-state index in [9.17, 15) is 4.79 Å². The molecule has 0 spiro atoms. The van der Waals surface area contributed by atoms with Gasteiger partial charge in [0, 0.05) is 38.9 Å². The molecule has 0 radical (unpaired) electrons. The van der Waals surface area contributed by atoms with Crippen LogP contribution in [0, 0.1) is 5.92 Å². The second kappa shape index (κ2) is 6.79. The van der Waals surface area contributed by atoms with E-state index in [0.717, 1.165) is 45.6 Å². The zero-order valence-electron chi connectivity index (χ0n) is 13.3. The van der Waals surface area contributed by atoms with Crippen LogP contribution >= 0.6 is 0 Å². The minimum absolute atomic E-state index is 0.124. The number of aryl methyl sites for hydroxylation is 1. The van der Waals surface area contributed by atoms with Crippen LogP contribution in [0.4, 0.5) is 0 Å². The van der Waals surface area contributed by atoms with Gasteiger partial charge in [-0.3, -0.25) is 9.69 Å². The Morgan fingerprint density at radius 1 is 1.23 bits per heavy atom. The molecule has 0 saturated carbocycles. The molecule has 3 rings (SSSR count). The molecule has 2 saturated heterocycles. The summed E-state index contributed by atoms with van der Waals surface area (Å²) < 4.78 is 2.09. The van der Waals surface area contributed by atoms with Crippen molar-refractivity contribution >= 4 is 5.97 Å². The first kappa shape index (κ1) is 15.5. The highest BCUT2D eigenvalue weighted by Crippen LogP contribution is 2.24. The normalized spacial score (nSPS) is 23.0. The fourth-order valence-corrected chi connectivity index (χ4v) is 3.72. The minimum atomic E-state index is -0.620. The molecule has 2 fully saturated rings. The third kappa shape index (κ3) is 3.50. The summed E-state index contributed by atoms with van der Waals surface area (Å²) >= 11 is 0. The van der Waals surface area contributed by atoms with Crippen LogP contribution in [-0.4, -0.2) is 62.6 Å². The summed E-state index contributed by atoms with van der Waals surface area (Å²) in [4.78, 5) is 20.2. The van der Waals surface area contributed by atoms with Crippen molar-refractivity contribution in [1.29, 1.82) is 0 Å². The summed E-state index contributed by atoms with van der Waals surface area (Å²) in [5.41, 5.74) is 1.26. The molecule has 1 aromatic rings. The molecule has 122 valence electrons. The first-order valence-corrected chi connectivity index (χ1v) is 8.28. The average Bonchev–Trinajstić information content (AvgIpc) is 2.93. The Morgan fingerprint density at radius 2 is 1.91 bits per heavy atom. The van der Waals surface area contributed by atoms with Gasteiger partial charge in [-0.05, 0) is 38.8 Å². The standard InChI is InChI=1S/C16H26N4O2/c1-18-12-17-10-15(18)11-19-6-4-14(5-7-19)20-8-2-13(3-9-20)16(21)22/h10,12-14H,2-9,11H2,1H3,(H,21,22). The van der Waals surface area contributed by atoms with Crippen LogP contribution in [0.15, 0.2) is 12.5 Å². The van der Waals surface area contributed by atoms with Crippen LogP contribution in [-0.2, 0) is 18.4 Å². The van der Waals surface area contributed by atoms with Crippen molar-refractivity contribution in [2.45, 2.75) is 38.3 Å². The predicted octanol–water partition coefficient (Wildman–Crippen LogP) is 1.18. The maximum absolute atomic E-state index is 11.0. The van der Waals surface area contributed by atoms with Crippen LogP contribution in [0.3, 0.4) is 0 Å². The lowest BCUT2D eigenvalue weighted by Gasteiger charge is -2.41. The first-order valence-electron chi connectivity index (χ1n) is 8.28. The third-order valence-corrected chi connectivity index (χ3v) is 5.25. The third-order valence-electron chi connectivity index (χ3n) is 5.25. The summed E-state index contributed by atoms with van der Waals surface area (Å²) in [5, 5.41) is 9.08. The minimum Gasteiger partial charge on any atom is -0.481 e. The van der Waals surface area contributed by atoms with Gasteiger partial charge in [0.25, 0.3) is 0 Å². The highest BCUT2D eigenvalue weighted by Gasteiger charge is 2.30. The van der Waals surface area contributed by atoms with Crippen molar-refractivity contribution in [2.24, 2.45) is 13.0 Å². The fourth-order valence-electron chi connectivity index (χ4n) is 3.72. The fraction of sp³-hybridized carbons (Fsp3) is 0.750. The van der Waals surface area contributed by atoms with Crippen LogP contribution in [0.25, 0.3) is 0 Å². The monoisotopic (exact) mass is 306 g/mol. The average molecular weight is 306 g/mol. The number of aromatic nitrogens is 2. The van der Waals surface area contributed by atoms with E-state index in [1.165, 1.54) is 18.5 Å². The van der Waals surface area contributed by atoms with Crippen LogP contribution < -0.4 is 0 Å². The number of carboxylic acids is 1. The number of piperidine rings is 2. The lowest BCUT2D eigenvalue weighted by molar-refractivity contribution is -0.143. The molecule has 0 aromatic carbocycles. The van der Waals surface area contributed by atoms with E-state index in [4.69, 9.17) is 5.11 Å². The lowest BCUT2D eigenvalue weighted by Crippen LogP contribution is -2.48. The number of carboxylic acid groups (broad SMARTS) is 1. The van der Waals surface area contributed by atoms with E-state index in [1.807, 2.05) is 19.6 Å². The molecule has 3 heterocycles. The van der Waals surface area contributed by atoms with E-state index in [1.54, 1.807) is 0 Å². The lowest BCUT2D eigenvalue weighted by atomic mass is 9.93. The van der Waals surface area contributed by atoms with Crippen molar-refractivity contribution in [3.63, 3.8) is 0 Å². The summed E-state index contributed by atoms with van der Waals surface area (Å²) in [6, 6.07) is 0.637. The van der Waals surface area contributed by atoms with Crippen LogP contribution in [0.5, 0.6) is 0 Å². The molecule has 2 aliphatic rings. The van der Waals surface area contributed by atoms with Crippen molar-refractivity contribution in [3.05, 3.63) is 18.2 Å². The van der Waals surface area contributed by atoms with Gasteiger partial charge in [0.1, 0.15) is 0 Å².